The molecule has 0 N–H and O–H groups in total. The average Bonchev–Trinajstić information content (AvgIpc) is 2.55. The van der Waals surface area contributed by atoms with Gasteiger partial charge in [0.15, 0.2) is 6.61 Å². The molecule has 0 aliphatic heterocycles. The first-order valence-electron chi connectivity index (χ1n) is 6.82. The third-order valence-corrected chi connectivity index (χ3v) is 3.57. The molecule has 0 bridgehead atoms. The average molecular weight is 335 g/mol. The van der Waals surface area contributed by atoms with Crippen molar-refractivity contribution in [3.63, 3.8) is 0 Å². The molecule has 1 amide bonds. The fourth-order valence-corrected chi connectivity index (χ4v) is 2.09. The lowest BCUT2D eigenvalue weighted by Gasteiger charge is -2.18. The summed E-state index contributed by atoms with van der Waals surface area (Å²) in [5, 5.41) is 11.2. The Kier molecular flexibility index (Phi) is 5.54. The summed E-state index contributed by atoms with van der Waals surface area (Å²) in [7, 11) is 1.66. The summed E-state index contributed by atoms with van der Waals surface area (Å²) in [4.78, 5) is 23.6. The van der Waals surface area contributed by atoms with Crippen LogP contribution in [0.3, 0.4) is 0 Å². The van der Waals surface area contributed by atoms with Gasteiger partial charge in [-0.25, -0.2) is 0 Å². The van der Waals surface area contributed by atoms with Crippen molar-refractivity contribution in [2.45, 2.75) is 6.54 Å². The van der Waals surface area contributed by atoms with Crippen molar-refractivity contribution in [3.05, 3.63) is 69.2 Å². The maximum atomic E-state index is 12.1. The number of nitro groups is 1. The molecule has 0 aliphatic carbocycles. The van der Waals surface area contributed by atoms with E-state index >= 15 is 0 Å². The molecule has 0 heterocycles. The molecule has 2 aromatic carbocycles. The number of hydrogen-bond acceptors (Lipinski definition) is 4. The first kappa shape index (κ1) is 16.8. The number of nitrogens with zero attached hydrogens (tertiary/aromatic N) is 2. The molecule has 23 heavy (non-hydrogen) atoms. The Hall–Kier alpha value is -2.60. The van der Waals surface area contributed by atoms with E-state index < -0.39 is 4.92 Å². The Morgan fingerprint density at radius 3 is 2.48 bits per heavy atom. The maximum absolute atomic E-state index is 12.1. The molecular weight excluding hydrogens is 320 g/mol. The van der Waals surface area contributed by atoms with Gasteiger partial charge in [0.1, 0.15) is 5.75 Å². The zero-order valence-corrected chi connectivity index (χ0v) is 13.2. The summed E-state index contributed by atoms with van der Waals surface area (Å²) in [6, 6.07) is 12.9. The maximum Gasteiger partial charge on any atom is 0.269 e. The summed E-state index contributed by atoms with van der Waals surface area (Å²) in [6.45, 7) is 0.223. The zero-order valence-electron chi connectivity index (χ0n) is 12.4. The molecule has 2 aromatic rings. The predicted molar refractivity (Wildman–Crippen MR) is 86.5 cm³/mol. The highest BCUT2D eigenvalue weighted by atomic mass is 35.5. The molecule has 0 radical (unpaired) electrons. The number of likely N-dealkylation sites (N-methyl/N-ethyl adjacent to an activating group) is 1. The zero-order chi connectivity index (χ0) is 16.8. The number of carbonyl (C=O) groups is 1. The lowest BCUT2D eigenvalue weighted by molar-refractivity contribution is -0.384. The van der Waals surface area contributed by atoms with Gasteiger partial charge in [-0.2, -0.15) is 0 Å². The Labute approximate surface area is 138 Å². The summed E-state index contributed by atoms with van der Waals surface area (Å²) < 4.78 is 5.34. The van der Waals surface area contributed by atoms with E-state index in [-0.39, 0.29) is 18.2 Å². The van der Waals surface area contributed by atoms with Crippen LogP contribution in [-0.2, 0) is 11.3 Å². The molecule has 6 nitrogen and oxygen atoms in total. The van der Waals surface area contributed by atoms with E-state index in [0.29, 0.717) is 17.3 Å². The number of carbonyl (C=O) groups excluding carboxylic acids is 1. The fraction of sp³-hybridized carbons (Fsp3) is 0.188. The van der Waals surface area contributed by atoms with Crippen LogP contribution < -0.4 is 4.74 Å². The van der Waals surface area contributed by atoms with Crippen LogP contribution in [0.15, 0.2) is 48.5 Å². The number of benzene rings is 2. The number of non-ortho nitro benzene ring substituents is 1. The molecule has 0 aromatic heterocycles. The van der Waals surface area contributed by atoms with Crippen LogP contribution in [0.2, 0.25) is 5.02 Å². The van der Waals surface area contributed by atoms with Crippen LogP contribution in [0.25, 0.3) is 0 Å². The van der Waals surface area contributed by atoms with Crippen molar-refractivity contribution in [1.82, 2.24) is 4.90 Å². The van der Waals surface area contributed by atoms with E-state index in [1.54, 1.807) is 13.1 Å². The molecule has 0 unspecified atom stereocenters. The first-order valence-corrected chi connectivity index (χ1v) is 7.20. The van der Waals surface area contributed by atoms with E-state index in [4.69, 9.17) is 16.3 Å². The molecule has 0 atom stereocenters. The second-order valence-corrected chi connectivity index (χ2v) is 5.29. The van der Waals surface area contributed by atoms with Gasteiger partial charge in [-0.3, -0.25) is 14.9 Å². The number of amides is 1. The molecule has 0 fully saturated rings. The Balaban J connectivity index is 1.89. The van der Waals surface area contributed by atoms with Crippen molar-refractivity contribution in [2.24, 2.45) is 0 Å². The van der Waals surface area contributed by atoms with Crippen molar-refractivity contribution < 1.29 is 14.5 Å². The Morgan fingerprint density at radius 2 is 1.87 bits per heavy atom. The van der Waals surface area contributed by atoms with Gasteiger partial charge in [0.25, 0.3) is 11.6 Å². The number of rotatable bonds is 6. The van der Waals surface area contributed by atoms with Gasteiger partial charge < -0.3 is 9.64 Å². The van der Waals surface area contributed by atoms with Crippen molar-refractivity contribution in [2.75, 3.05) is 13.7 Å². The third-order valence-electron chi connectivity index (χ3n) is 3.20. The molecular formula is C16H15ClN2O4. The van der Waals surface area contributed by atoms with Gasteiger partial charge in [0.2, 0.25) is 0 Å². The topological polar surface area (TPSA) is 72.7 Å². The summed E-state index contributed by atoms with van der Waals surface area (Å²) in [6.07, 6.45) is 0. The van der Waals surface area contributed by atoms with Gasteiger partial charge in [0.05, 0.1) is 4.92 Å². The smallest absolute Gasteiger partial charge is 0.269 e. The lowest BCUT2D eigenvalue weighted by atomic mass is 10.2. The van der Waals surface area contributed by atoms with Crippen LogP contribution in [-0.4, -0.2) is 29.4 Å². The van der Waals surface area contributed by atoms with E-state index in [1.807, 2.05) is 18.2 Å². The van der Waals surface area contributed by atoms with Crippen LogP contribution in [0.1, 0.15) is 5.56 Å². The van der Waals surface area contributed by atoms with Crippen LogP contribution in [0.5, 0.6) is 5.75 Å². The van der Waals surface area contributed by atoms with Gasteiger partial charge in [-0.1, -0.05) is 29.8 Å². The minimum absolute atomic E-state index is 0.0282. The van der Waals surface area contributed by atoms with E-state index in [2.05, 4.69) is 0 Å². The van der Waals surface area contributed by atoms with Crippen molar-refractivity contribution >= 4 is 23.2 Å². The molecule has 0 spiro atoms. The van der Waals surface area contributed by atoms with Crippen LogP contribution >= 0.6 is 11.6 Å². The van der Waals surface area contributed by atoms with E-state index in [0.717, 1.165) is 5.56 Å². The largest absolute Gasteiger partial charge is 0.484 e. The van der Waals surface area contributed by atoms with E-state index in [1.165, 1.54) is 29.2 Å². The number of ether oxygens (including phenoxy) is 1. The Bertz CT molecular complexity index is 703. The van der Waals surface area contributed by atoms with Gasteiger partial charge in [-0.15, -0.1) is 0 Å². The minimum atomic E-state index is -0.494. The molecule has 0 saturated heterocycles. The number of hydrogen-bond donors (Lipinski definition) is 0. The van der Waals surface area contributed by atoms with E-state index in [9.17, 15) is 14.9 Å². The highest BCUT2D eigenvalue weighted by Gasteiger charge is 2.12. The van der Waals surface area contributed by atoms with Crippen LogP contribution in [0.4, 0.5) is 5.69 Å². The van der Waals surface area contributed by atoms with Gasteiger partial charge >= 0.3 is 0 Å². The molecule has 0 saturated carbocycles. The fourth-order valence-electron chi connectivity index (χ4n) is 1.89. The molecule has 0 aliphatic rings. The predicted octanol–water partition coefficient (Wildman–Crippen LogP) is 3.29. The molecule has 7 heteroatoms. The monoisotopic (exact) mass is 334 g/mol. The number of nitro benzene ring substituents is 1. The second-order valence-electron chi connectivity index (χ2n) is 4.88. The molecule has 2 rings (SSSR count). The van der Waals surface area contributed by atoms with Crippen LogP contribution in [0, 0.1) is 10.1 Å². The number of halogens is 1. The minimum Gasteiger partial charge on any atom is -0.484 e. The van der Waals surface area contributed by atoms with Crippen molar-refractivity contribution in [3.8, 4) is 5.75 Å². The summed E-state index contributed by atoms with van der Waals surface area (Å²) >= 11 is 6.06. The van der Waals surface area contributed by atoms with Gasteiger partial charge in [-0.05, 0) is 23.8 Å². The quantitative estimate of drug-likeness (QED) is 0.600. The van der Waals surface area contributed by atoms with Crippen molar-refractivity contribution in [1.29, 1.82) is 0 Å². The SMILES string of the molecule is CN(Cc1ccccc1Cl)C(=O)COc1ccc([N+](=O)[O-])cc1. The normalized spacial score (nSPS) is 10.2. The third kappa shape index (κ3) is 4.69. The molecule has 120 valence electrons. The highest BCUT2D eigenvalue weighted by molar-refractivity contribution is 6.31. The lowest BCUT2D eigenvalue weighted by Crippen LogP contribution is -2.31. The summed E-state index contributed by atoms with van der Waals surface area (Å²) in [5.74, 6) is 0.179. The van der Waals surface area contributed by atoms with Gasteiger partial charge in [0, 0.05) is 30.7 Å². The standard InChI is InChI=1S/C16H15ClN2O4/c1-18(10-12-4-2-3-5-15(12)17)16(20)11-23-14-8-6-13(7-9-14)19(21)22/h2-9H,10-11H2,1H3. The summed E-state index contributed by atoms with van der Waals surface area (Å²) in [5.41, 5.74) is 0.819. The first-order chi connectivity index (χ1) is 11.0. The second kappa shape index (κ2) is 7.60. The highest BCUT2D eigenvalue weighted by Crippen LogP contribution is 2.18. The Morgan fingerprint density at radius 1 is 1.22 bits per heavy atom.